The van der Waals surface area contributed by atoms with Crippen molar-refractivity contribution in [1.29, 1.82) is 0 Å². The molecule has 3 rings (SSSR count). The minimum atomic E-state index is -0.177. The third-order valence-corrected chi connectivity index (χ3v) is 5.73. The van der Waals surface area contributed by atoms with E-state index in [1.165, 1.54) is 16.0 Å². The predicted octanol–water partition coefficient (Wildman–Crippen LogP) is 3.80. The van der Waals surface area contributed by atoms with E-state index >= 15 is 0 Å². The molecule has 0 bridgehead atoms. The van der Waals surface area contributed by atoms with Crippen LogP contribution in [0.1, 0.15) is 36.7 Å². The van der Waals surface area contributed by atoms with Gasteiger partial charge in [-0.2, -0.15) is 0 Å². The molecular weight excluding hydrogens is 382 g/mol. The number of imidazole rings is 1. The highest BCUT2D eigenvalue weighted by Gasteiger charge is 2.11. The number of nitrogens with zero attached hydrogens (tertiary/aromatic N) is 2. The highest BCUT2D eigenvalue weighted by atomic mass is 32.2. The Labute approximate surface area is 176 Å². The van der Waals surface area contributed by atoms with E-state index in [1.54, 1.807) is 11.8 Å². The Hall–Kier alpha value is -2.73. The molecule has 1 aromatic heterocycles. The Morgan fingerprint density at radius 2 is 1.97 bits per heavy atom. The standard InChI is InChI=1S/C23H27N3O2S/c1-17(2)22-24-12-13-26(22)16-19-8-7-11-21(18(19)3)29-15-14-28-23(27)25-20-9-5-4-6-10-20/h4-13,17H,14-16H2,1-3H3,(H,25,27)/p+1. The van der Waals surface area contributed by atoms with Gasteiger partial charge < -0.3 is 14.4 Å². The van der Waals surface area contributed by atoms with E-state index in [1.807, 2.05) is 42.7 Å². The monoisotopic (exact) mass is 410 g/mol. The Bertz CT molecular complexity index is 952. The Balaban J connectivity index is 1.56. The molecule has 152 valence electrons. The van der Waals surface area contributed by atoms with Gasteiger partial charge in [-0.25, -0.2) is 4.98 Å². The molecule has 0 atom stereocenters. The van der Waals surface area contributed by atoms with Crippen molar-refractivity contribution in [2.45, 2.75) is 38.1 Å². The maximum absolute atomic E-state index is 9.88. The van der Waals surface area contributed by atoms with Crippen LogP contribution in [-0.4, -0.2) is 33.1 Å². The van der Waals surface area contributed by atoms with Crippen molar-refractivity contribution in [3.63, 3.8) is 0 Å². The van der Waals surface area contributed by atoms with Crippen molar-refractivity contribution >= 4 is 23.5 Å². The molecule has 2 aromatic carbocycles. The average Bonchev–Trinajstić information content (AvgIpc) is 3.17. The van der Waals surface area contributed by atoms with Crippen molar-refractivity contribution in [2.24, 2.45) is 0 Å². The lowest BCUT2D eigenvalue weighted by molar-refractivity contribution is -0.382. The zero-order chi connectivity index (χ0) is 20.6. The number of aromatic nitrogens is 2. The van der Waals surface area contributed by atoms with E-state index in [9.17, 15) is 5.11 Å². The summed E-state index contributed by atoms with van der Waals surface area (Å²) in [6, 6.07) is 15.9. The Morgan fingerprint density at radius 1 is 1.17 bits per heavy atom. The van der Waals surface area contributed by atoms with Crippen LogP contribution in [0.2, 0.25) is 0 Å². The number of aliphatic hydroxyl groups excluding tert-OH is 1. The van der Waals surface area contributed by atoms with Crippen molar-refractivity contribution in [3.8, 4) is 0 Å². The first-order valence-electron chi connectivity index (χ1n) is 9.77. The van der Waals surface area contributed by atoms with E-state index in [4.69, 9.17) is 4.74 Å². The molecule has 0 fully saturated rings. The molecule has 2 N–H and O–H groups in total. The molecule has 0 amide bonds. The third kappa shape index (κ3) is 5.87. The van der Waals surface area contributed by atoms with Crippen LogP contribution in [0.3, 0.4) is 0 Å². The number of ether oxygens (including phenoxy) is 1. The topological polar surface area (TPSA) is 61.2 Å². The van der Waals surface area contributed by atoms with Gasteiger partial charge in [0, 0.05) is 47.6 Å². The van der Waals surface area contributed by atoms with Crippen LogP contribution in [0, 0.1) is 6.92 Å². The van der Waals surface area contributed by atoms with Crippen LogP contribution in [0.15, 0.2) is 65.8 Å². The maximum Gasteiger partial charge on any atom is 0.551 e. The second-order valence-electron chi connectivity index (χ2n) is 7.10. The highest BCUT2D eigenvalue weighted by Crippen LogP contribution is 2.26. The number of benzene rings is 2. The summed E-state index contributed by atoms with van der Waals surface area (Å²) in [7, 11) is 0. The first kappa shape index (κ1) is 21.0. The van der Waals surface area contributed by atoms with Crippen molar-refractivity contribution in [1.82, 2.24) is 9.55 Å². The number of aliphatic hydroxyl groups is 1. The maximum atomic E-state index is 9.88. The summed E-state index contributed by atoms with van der Waals surface area (Å²) in [5, 5.41) is 9.88. The van der Waals surface area contributed by atoms with Gasteiger partial charge in [0.2, 0.25) is 5.69 Å². The van der Waals surface area contributed by atoms with Gasteiger partial charge in [0.1, 0.15) is 12.4 Å². The summed E-state index contributed by atoms with van der Waals surface area (Å²) in [6.07, 6.45) is 3.73. The van der Waals surface area contributed by atoms with Gasteiger partial charge in [0.05, 0.1) is 0 Å². The first-order chi connectivity index (χ1) is 14.0. The molecule has 0 unspecified atom stereocenters. The van der Waals surface area contributed by atoms with Crippen molar-refractivity contribution in [3.05, 3.63) is 77.9 Å². The van der Waals surface area contributed by atoms with Crippen molar-refractivity contribution < 1.29 is 14.8 Å². The Morgan fingerprint density at radius 3 is 2.72 bits per heavy atom. The van der Waals surface area contributed by atoms with Gasteiger partial charge in [-0.15, -0.1) is 16.8 Å². The number of rotatable bonds is 8. The summed E-state index contributed by atoms with van der Waals surface area (Å²) in [5.41, 5.74) is 3.36. The minimum Gasteiger partial charge on any atom is -0.430 e. The van der Waals surface area contributed by atoms with Gasteiger partial charge in [0.25, 0.3) is 0 Å². The number of nitrogens with one attached hydrogen (secondary N) is 1. The molecule has 0 saturated carbocycles. The molecule has 0 spiro atoms. The van der Waals surface area contributed by atoms with Crippen LogP contribution in [0.5, 0.6) is 0 Å². The molecule has 0 aliphatic carbocycles. The van der Waals surface area contributed by atoms with Crippen LogP contribution < -0.4 is 4.99 Å². The SMILES string of the molecule is Cc1c(Cn2ccnc2C(C)C)cccc1SCCOC(O)=[NH+]c1ccccc1. The van der Waals surface area contributed by atoms with Crippen LogP contribution >= 0.6 is 11.8 Å². The molecule has 1 heterocycles. The molecule has 29 heavy (non-hydrogen) atoms. The smallest absolute Gasteiger partial charge is 0.430 e. The number of para-hydroxylation sites is 1. The van der Waals surface area contributed by atoms with Gasteiger partial charge in [0.15, 0.2) is 0 Å². The summed E-state index contributed by atoms with van der Waals surface area (Å²) in [6.45, 7) is 7.72. The fraction of sp³-hybridized carbons (Fsp3) is 0.304. The third-order valence-electron chi connectivity index (χ3n) is 4.61. The number of hydrogen-bond acceptors (Lipinski definition) is 3. The van der Waals surface area contributed by atoms with E-state index in [-0.39, 0.29) is 6.08 Å². The van der Waals surface area contributed by atoms with Gasteiger partial charge in [-0.3, -0.25) is 0 Å². The molecular formula is C23H28N3O2S+. The largest absolute Gasteiger partial charge is 0.551 e. The van der Waals surface area contributed by atoms with Gasteiger partial charge in [-0.05, 0) is 24.1 Å². The second kappa shape index (κ2) is 10.2. The van der Waals surface area contributed by atoms with Crippen molar-refractivity contribution in [2.75, 3.05) is 12.4 Å². The molecule has 0 aliphatic rings. The number of thioether (sulfide) groups is 1. The summed E-state index contributed by atoms with van der Waals surface area (Å²) < 4.78 is 7.61. The lowest BCUT2D eigenvalue weighted by Gasteiger charge is -2.14. The van der Waals surface area contributed by atoms with E-state index in [0.717, 1.165) is 23.8 Å². The van der Waals surface area contributed by atoms with Crippen LogP contribution in [0.25, 0.3) is 0 Å². The van der Waals surface area contributed by atoms with Gasteiger partial charge >= 0.3 is 6.08 Å². The average molecular weight is 411 g/mol. The summed E-state index contributed by atoms with van der Waals surface area (Å²) >= 11 is 1.73. The van der Waals surface area contributed by atoms with E-state index in [0.29, 0.717) is 12.5 Å². The summed E-state index contributed by atoms with van der Waals surface area (Å²) in [4.78, 5) is 8.54. The second-order valence-corrected chi connectivity index (χ2v) is 8.24. The molecule has 5 nitrogen and oxygen atoms in total. The molecule has 3 aromatic rings. The van der Waals surface area contributed by atoms with Gasteiger partial charge in [-0.1, -0.05) is 44.2 Å². The van der Waals surface area contributed by atoms with Crippen LogP contribution in [-0.2, 0) is 11.3 Å². The normalized spacial score (nSPS) is 11.8. The van der Waals surface area contributed by atoms with Crippen LogP contribution in [0.4, 0.5) is 5.69 Å². The zero-order valence-corrected chi connectivity index (χ0v) is 17.9. The molecule has 6 heteroatoms. The molecule has 0 aliphatic heterocycles. The zero-order valence-electron chi connectivity index (χ0n) is 17.1. The predicted molar refractivity (Wildman–Crippen MR) is 118 cm³/mol. The quantitative estimate of drug-likeness (QED) is 0.257. The first-order valence-corrected chi connectivity index (χ1v) is 10.8. The highest BCUT2D eigenvalue weighted by molar-refractivity contribution is 7.99. The Kier molecular flexibility index (Phi) is 7.36. The summed E-state index contributed by atoms with van der Waals surface area (Å²) in [5.74, 6) is 2.24. The number of hydrogen-bond donors (Lipinski definition) is 2. The van der Waals surface area contributed by atoms with E-state index < -0.39 is 0 Å². The lowest BCUT2D eigenvalue weighted by atomic mass is 10.1. The fourth-order valence-electron chi connectivity index (χ4n) is 3.10. The lowest BCUT2D eigenvalue weighted by Crippen LogP contribution is -2.67. The molecule has 0 saturated heterocycles. The minimum absolute atomic E-state index is 0.177. The fourth-order valence-corrected chi connectivity index (χ4v) is 4.01. The van der Waals surface area contributed by atoms with E-state index in [2.05, 4.69) is 53.5 Å². The molecule has 0 radical (unpaired) electrons.